The minimum absolute atomic E-state index is 0.109. The molecule has 0 aliphatic carbocycles. The highest BCUT2D eigenvalue weighted by molar-refractivity contribution is 6.02. The molecule has 5 nitrogen and oxygen atoms in total. The number of para-hydroxylation sites is 1. The maximum atomic E-state index is 13.7. The highest BCUT2D eigenvalue weighted by Crippen LogP contribution is 2.26. The first-order valence-corrected chi connectivity index (χ1v) is 10.4. The lowest BCUT2D eigenvalue weighted by atomic mass is 10.1. The van der Waals surface area contributed by atoms with Gasteiger partial charge >= 0.3 is 6.03 Å². The van der Waals surface area contributed by atoms with E-state index in [2.05, 4.69) is 16.7 Å². The van der Waals surface area contributed by atoms with Gasteiger partial charge in [-0.15, -0.1) is 0 Å². The molecule has 0 radical (unpaired) electrons. The molecule has 1 aliphatic heterocycles. The molecule has 0 saturated carbocycles. The molecular weight excluding hydrogens is 393 g/mol. The number of carbonyl (C=O) groups is 2. The summed E-state index contributed by atoms with van der Waals surface area (Å²) in [6.45, 7) is 0.776. The number of carbonyl (C=O) groups excluding carboxylic acids is 2. The summed E-state index contributed by atoms with van der Waals surface area (Å²) in [4.78, 5) is 27.0. The number of aryl methyl sites for hydroxylation is 1. The quantitative estimate of drug-likeness (QED) is 0.618. The smallest absolute Gasteiger partial charge is 0.326 e. The average Bonchev–Trinajstić information content (AvgIpc) is 3.01. The van der Waals surface area contributed by atoms with Crippen molar-refractivity contribution in [3.05, 3.63) is 95.3 Å². The average molecular weight is 417 g/mol. The van der Waals surface area contributed by atoms with Gasteiger partial charge in [-0.25, -0.2) is 9.18 Å². The zero-order valence-electron chi connectivity index (χ0n) is 17.1. The number of fused-ring (bicyclic) bond motifs is 1. The summed E-state index contributed by atoms with van der Waals surface area (Å²) in [5.41, 5.74) is 3.60. The third-order valence-corrected chi connectivity index (χ3v) is 5.40. The van der Waals surface area contributed by atoms with Crippen LogP contribution in [0.4, 0.5) is 20.6 Å². The Hall–Kier alpha value is -3.67. The molecule has 31 heavy (non-hydrogen) atoms. The lowest BCUT2D eigenvalue weighted by molar-refractivity contribution is 0.0950. The Bertz CT molecular complexity index is 1080. The Kier molecular flexibility index (Phi) is 6.26. The topological polar surface area (TPSA) is 61.4 Å². The number of amides is 3. The summed E-state index contributed by atoms with van der Waals surface area (Å²) in [7, 11) is 0. The SMILES string of the molecule is O=C(NCc1ccccc1F)c1ccc(NC(=O)N2CCCCc3ccccc32)cc1. The van der Waals surface area contributed by atoms with Crippen molar-refractivity contribution >= 4 is 23.3 Å². The third kappa shape index (κ3) is 4.91. The monoisotopic (exact) mass is 417 g/mol. The van der Waals surface area contributed by atoms with Crippen molar-refractivity contribution < 1.29 is 14.0 Å². The van der Waals surface area contributed by atoms with Crippen LogP contribution in [0.15, 0.2) is 72.8 Å². The van der Waals surface area contributed by atoms with E-state index in [-0.39, 0.29) is 24.3 Å². The number of urea groups is 1. The predicted octanol–water partition coefficient (Wildman–Crippen LogP) is 5.13. The number of anilines is 2. The molecule has 4 rings (SSSR count). The van der Waals surface area contributed by atoms with Crippen LogP contribution in [0.3, 0.4) is 0 Å². The largest absolute Gasteiger partial charge is 0.348 e. The van der Waals surface area contributed by atoms with Crippen molar-refractivity contribution in [1.29, 1.82) is 0 Å². The summed E-state index contributed by atoms with van der Waals surface area (Å²) in [6, 6.07) is 20.8. The minimum Gasteiger partial charge on any atom is -0.348 e. The summed E-state index contributed by atoms with van der Waals surface area (Å²) >= 11 is 0. The van der Waals surface area contributed by atoms with Gasteiger partial charge in [0.25, 0.3) is 5.91 Å². The van der Waals surface area contributed by atoms with E-state index in [1.807, 2.05) is 18.2 Å². The second-order valence-corrected chi connectivity index (χ2v) is 7.52. The molecule has 0 spiro atoms. The summed E-state index contributed by atoms with van der Waals surface area (Å²) < 4.78 is 13.7. The molecular formula is C25H24FN3O2. The van der Waals surface area contributed by atoms with Crippen molar-refractivity contribution in [1.82, 2.24) is 5.32 Å². The van der Waals surface area contributed by atoms with E-state index in [0.29, 0.717) is 23.4 Å². The molecule has 0 saturated heterocycles. The lowest BCUT2D eigenvalue weighted by Crippen LogP contribution is -2.35. The van der Waals surface area contributed by atoms with Crippen LogP contribution in [-0.2, 0) is 13.0 Å². The van der Waals surface area contributed by atoms with Gasteiger partial charge in [-0.05, 0) is 61.2 Å². The molecule has 158 valence electrons. The van der Waals surface area contributed by atoms with Crippen LogP contribution in [0.5, 0.6) is 0 Å². The second-order valence-electron chi connectivity index (χ2n) is 7.52. The molecule has 3 amide bonds. The molecule has 0 unspecified atom stereocenters. The van der Waals surface area contributed by atoms with Crippen molar-refractivity contribution in [2.24, 2.45) is 0 Å². The maximum Gasteiger partial charge on any atom is 0.326 e. The van der Waals surface area contributed by atoms with Crippen LogP contribution < -0.4 is 15.5 Å². The van der Waals surface area contributed by atoms with Crippen molar-refractivity contribution in [2.75, 3.05) is 16.8 Å². The molecule has 1 heterocycles. The van der Waals surface area contributed by atoms with E-state index in [0.717, 1.165) is 24.9 Å². The molecule has 3 aromatic carbocycles. The van der Waals surface area contributed by atoms with Crippen LogP contribution in [0, 0.1) is 5.82 Å². The van der Waals surface area contributed by atoms with Crippen molar-refractivity contribution in [2.45, 2.75) is 25.8 Å². The molecule has 0 atom stereocenters. The van der Waals surface area contributed by atoms with Crippen LogP contribution in [0.25, 0.3) is 0 Å². The fraction of sp³-hybridized carbons (Fsp3) is 0.200. The van der Waals surface area contributed by atoms with Gasteiger partial charge in [-0.3, -0.25) is 9.69 Å². The molecule has 3 aromatic rings. The lowest BCUT2D eigenvalue weighted by Gasteiger charge is -2.23. The van der Waals surface area contributed by atoms with E-state index >= 15 is 0 Å². The summed E-state index contributed by atoms with van der Waals surface area (Å²) in [5.74, 6) is -0.654. The number of rotatable bonds is 4. The van der Waals surface area contributed by atoms with Gasteiger partial charge in [0, 0.05) is 35.6 Å². The van der Waals surface area contributed by atoms with Crippen LogP contribution in [-0.4, -0.2) is 18.5 Å². The van der Waals surface area contributed by atoms with E-state index in [1.54, 1.807) is 47.4 Å². The van der Waals surface area contributed by atoms with Crippen LogP contribution >= 0.6 is 0 Å². The van der Waals surface area contributed by atoms with Crippen LogP contribution in [0.2, 0.25) is 0 Å². The van der Waals surface area contributed by atoms with Gasteiger partial charge in [-0.1, -0.05) is 36.4 Å². The number of nitrogens with zero attached hydrogens (tertiary/aromatic N) is 1. The molecule has 1 aliphatic rings. The Morgan fingerprint density at radius 3 is 2.45 bits per heavy atom. The fourth-order valence-corrected chi connectivity index (χ4v) is 3.72. The number of benzene rings is 3. The zero-order chi connectivity index (χ0) is 21.6. The van der Waals surface area contributed by atoms with Gasteiger partial charge < -0.3 is 10.6 Å². The predicted molar refractivity (Wildman–Crippen MR) is 120 cm³/mol. The van der Waals surface area contributed by atoms with E-state index in [9.17, 15) is 14.0 Å². The van der Waals surface area contributed by atoms with Gasteiger partial charge in [-0.2, -0.15) is 0 Å². The van der Waals surface area contributed by atoms with Gasteiger partial charge in [0.1, 0.15) is 5.82 Å². The first-order valence-electron chi connectivity index (χ1n) is 10.4. The highest BCUT2D eigenvalue weighted by Gasteiger charge is 2.21. The van der Waals surface area contributed by atoms with E-state index in [4.69, 9.17) is 0 Å². The first-order chi connectivity index (χ1) is 15.1. The Labute approximate surface area is 180 Å². The van der Waals surface area contributed by atoms with Crippen LogP contribution in [0.1, 0.15) is 34.3 Å². The molecule has 0 fully saturated rings. The summed E-state index contributed by atoms with van der Waals surface area (Å²) in [6.07, 6.45) is 2.97. The minimum atomic E-state index is -0.351. The Morgan fingerprint density at radius 1 is 0.903 bits per heavy atom. The Morgan fingerprint density at radius 2 is 1.65 bits per heavy atom. The zero-order valence-corrected chi connectivity index (χ0v) is 17.1. The molecule has 0 bridgehead atoms. The Balaban J connectivity index is 1.39. The molecule has 6 heteroatoms. The normalized spacial score (nSPS) is 13.1. The van der Waals surface area contributed by atoms with Gasteiger partial charge in [0.15, 0.2) is 0 Å². The standard InChI is InChI=1S/C25H24FN3O2/c26-22-10-3-1-9-20(22)17-27-24(30)19-12-14-21(15-13-19)28-25(31)29-16-6-5-8-18-7-2-4-11-23(18)29/h1-4,7,9-15H,5-6,8,16-17H2,(H,27,30)(H,28,31). The second kappa shape index (κ2) is 9.43. The highest BCUT2D eigenvalue weighted by atomic mass is 19.1. The molecule has 2 N–H and O–H groups in total. The van der Waals surface area contributed by atoms with Crippen molar-refractivity contribution in [3.63, 3.8) is 0 Å². The number of halogens is 1. The third-order valence-electron chi connectivity index (χ3n) is 5.40. The number of nitrogens with one attached hydrogen (secondary N) is 2. The van der Waals surface area contributed by atoms with E-state index < -0.39 is 0 Å². The fourth-order valence-electron chi connectivity index (χ4n) is 3.72. The summed E-state index contributed by atoms with van der Waals surface area (Å²) in [5, 5.41) is 5.63. The van der Waals surface area contributed by atoms with Gasteiger partial charge in [0.2, 0.25) is 0 Å². The van der Waals surface area contributed by atoms with Crippen molar-refractivity contribution in [3.8, 4) is 0 Å². The maximum absolute atomic E-state index is 13.7. The number of hydrogen-bond donors (Lipinski definition) is 2. The molecule has 0 aromatic heterocycles. The first kappa shape index (κ1) is 20.6. The van der Waals surface area contributed by atoms with E-state index in [1.165, 1.54) is 11.6 Å². The number of hydrogen-bond acceptors (Lipinski definition) is 2. The van der Waals surface area contributed by atoms with Gasteiger partial charge in [0.05, 0.1) is 0 Å².